The maximum Gasteiger partial charge on any atom is 0.0595 e. The van der Waals surface area contributed by atoms with E-state index in [0.29, 0.717) is 16.1 Å². The molecule has 1 N–H and O–H groups in total. The van der Waals surface area contributed by atoms with Gasteiger partial charge in [0, 0.05) is 11.1 Å². The van der Waals surface area contributed by atoms with Gasteiger partial charge in [-0.3, -0.25) is 0 Å². The molecule has 0 amide bonds. The van der Waals surface area contributed by atoms with Crippen LogP contribution >= 0.6 is 34.8 Å². The van der Waals surface area contributed by atoms with Crippen molar-refractivity contribution < 1.29 is 0 Å². The number of benzene rings is 2. The Hall–Kier alpha value is -0.730. The molecule has 0 saturated carbocycles. The van der Waals surface area contributed by atoms with Gasteiger partial charge in [0.1, 0.15) is 0 Å². The molecule has 0 bridgehead atoms. The lowest BCUT2D eigenvalue weighted by atomic mass is 9.98. The normalized spacial score (nSPS) is 12.4. The molecule has 0 radical (unpaired) electrons. The van der Waals surface area contributed by atoms with E-state index >= 15 is 0 Å². The van der Waals surface area contributed by atoms with Gasteiger partial charge in [-0.2, -0.15) is 0 Å². The summed E-state index contributed by atoms with van der Waals surface area (Å²) in [4.78, 5) is 0. The van der Waals surface area contributed by atoms with Gasteiger partial charge in [0.25, 0.3) is 0 Å². The van der Waals surface area contributed by atoms with Crippen molar-refractivity contribution in [2.45, 2.75) is 25.8 Å². The maximum absolute atomic E-state index is 6.31. The SMILES string of the molecule is CNC(Cc1ccc(Cl)c(Cl)c1)Cc1ccc(C)cc1Cl. The first-order valence-electron chi connectivity index (χ1n) is 6.86. The number of hydrogen-bond donors (Lipinski definition) is 1. The molecule has 0 aromatic heterocycles. The fourth-order valence-electron chi connectivity index (χ4n) is 2.31. The highest BCUT2D eigenvalue weighted by atomic mass is 35.5. The van der Waals surface area contributed by atoms with Crippen molar-refractivity contribution in [3.8, 4) is 0 Å². The van der Waals surface area contributed by atoms with Crippen LogP contribution in [0.15, 0.2) is 36.4 Å². The first-order chi connectivity index (χ1) is 9.99. The second-order valence-electron chi connectivity index (χ2n) is 5.24. The van der Waals surface area contributed by atoms with Gasteiger partial charge in [0.2, 0.25) is 0 Å². The van der Waals surface area contributed by atoms with Crippen LogP contribution in [0.1, 0.15) is 16.7 Å². The number of likely N-dealkylation sites (N-methyl/N-ethyl adjacent to an activating group) is 1. The Morgan fingerprint density at radius 3 is 2.29 bits per heavy atom. The van der Waals surface area contributed by atoms with E-state index in [0.717, 1.165) is 29.0 Å². The molecular weight excluding hydrogens is 325 g/mol. The first-order valence-corrected chi connectivity index (χ1v) is 7.99. The minimum absolute atomic E-state index is 0.294. The number of halogens is 3. The second-order valence-corrected chi connectivity index (χ2v) is 6.46. The molecule has 2 rings (SSSR count). The zero-order chi connectivity index (χ0) is 15.4. The van der Waals surface area contributed by atoms with Crippen LogP contribution in [0.4, 0.5) is 0 Å². The fraction of sp³-hybridized carbons (Fsp3) is 0.294. The average Bonchev–Trinajstić information content (AvgIpc) is 2.44. The zero-order valence-electron chi connectivity index (χ0n) is 12.1. The molecule has 4 heteroatoms. The van der Waals surface area contributed by atoms with Crippen molar-refractivity contribution >= 4 is 34.8 Å². The minimum atomic E-state index is 0.294. The lowest BCUT2D eigenvalue weighted by Gasteiger charge is -2.18. The third-order valence-corrected chi connectivity index (χ3v) is 4.64. The lowest BCUT2D eigenvalue weighted by Crippen LogP contribution is -2.30. The van der Waals surface area contributed by atoms with Gasteiger partial charge >= 0.3 is 0 Å². The van der Waals surface area contributed by atoms with Crippen molar-refractivity contribution in [1.29, 1.82) is 0 Å². The van der Waals surface area contributed by atoms with E-state index in [4.69, 9.17) is 34.8 Å². The molecule has 0 heterocycles. The molecule has 0 saturated heterocycles. The summed E-state index contributed by atoms with van der Waals surface area (Å²) in [6.45, 7) is 2.04. The Morgan fingerprint density at radius 1 is 0.905 bits per heavy atom. The van der Waals surface area contributed by atoms with Crippen LogP contribution in [-0.4, -0.2) is 13.1 Å². The van der Waals surface area contributed by atoms with Gasteiger partial charge in [-0.1, -0.05) is 53.0 Å². The van der Waals surface area contributed by atoms with Crippen LogP contribution in [0, 0.1) is 6.92 Å². The highest BCUT2D eigenvalue weighted by Crippen LogP contribution is 2.24. The topological polar surface area (TPSA) is 12.0 Å². The molecule has 0 fully saturated rings. The van der Waals surface area contributed by atoms with Crippen LogP contribution in [0.25, 0.3) is 0 Å². The maximum atomic E-state index is 6.31. The molecule has 0 aliphatic carbocycles. The predicted octanol–water partition coefficient (Wildman–Crippen LogP) is 5.33. The highest BCUT2D eigenvalue weighted by Gasteiger charge is 2.12. The Balaban J connectivity index is 2.10. The fourth-order valence-corrected chi connectivity index (χ4v) is 2.94. The first kappa shape index (κ1) is 16.6. The lowest BCUT2D eigenvalue weighted by molar-refractivity contribution is 0.556. The van der Waals surface area contributed by atoms with Crippen LogP contribution in [-0.2, 0) is 12.8 Å². The van der Waals surface area contributed by atoms with Crippen LogP contribution in [0.2, 0.25) is 15.1 Å². The van der Waals surface area contributed by atoms with Crippen molar-refractivity contribution in [3.05, 3.63) is 68.2 Å². The summed E-state index contributed by atoms with van der Waals surface area (Å²) in [6, 6.07) is 12.3. The van der Waals surface area contributed by atoms with Gasteiger partial charge in [-0.05, 0) is 61.7 Å². The molecule has 1 nitrogen and oxygen atoms in total. The van der Waals surface area contributed by atoms with E-state index in [-0.39, 0.29) is 0 Å². The number of aryl methyl sites for hydroxylation is 1. The molecular formula is C17H18Cl3N. The molecule has 0 aliphatic heterocycles. The minimum Gasteiger partial charge on any atom is -0.316 e. The Labute approximate surface area is 141 Å². The molecule has 2 aromatic rings. The molecule has 21 heavy (non-hydrogen) atoms. The summed E-state index contributed by atoms with van der Waals surface area (Å²) < 4.78 is 0. The number of nitrogens with one attached hydrogen (secondary N) is 1. The van der Waals surface area contributed by atoms with Gasteiger partial charge in [-0.15, -0.1) is 0 Å². The smallest absolute Gasteiger partial charge is 0.0595 e. The Morgan fingerprint density at radius 2 is 1.67 bits per heavy atom. The summed E-state index contributed by atoms with van der Waals surface area (Å²) in [6.07, 6.45) is 1.74. The van der Waals surface area contributed by atoms with Crippen molar-refractivity contribution in [2.24, 2.45) is 0 Å². The van der Waals surface area contributed by atoms with E-state index in [1.807, 2.05) is 38.2 Å². The third kappa shape index (κ3) is 4.62. The van der Waals surface area contributed by atoms with E-state index in [2.05, 4.69) is 17.4 Å². The Kier molecular flexibility index (Phi) is 5.95. The predicted molar refractivity (Wildman–Crippen MR) is 92.9 cm³/mol. The van der Waals surface area contributed by atoms with E-state index < -0.39 is 0 Å². The van der Waals surface area contributed by atoms with Gasteiger partial charge in [0.05, 0.1) is 10.0 Å². The Bertz CT molecular complexity index is 625. The van der Waals surface area contributed by atoms with Crippen LogP contribution in [0.5, 0.6) is 0 Å². The second kappa shape index (κ2) is 7.51. The molecule has 1 unspecified atom stereocenters. The monoisotopic (exact) mass is 341 g/mol. The van der Waals surface area contributed by atoms with Crippen LogP contribution in [0.3, 0.4) is 0 Å². The third-order valence-electron chi connectivity index (χ3n) is 3.55. The number of rotatable bonds is 5. The molecule has 0 aliphatic rings. The van der Waals surface area contributed by atoms with Gasteiger partial charge in [-0.25, -0.2) is 0 Å². The summed E-state index contributed by atoms with van der Waals surface area (Å²) in [7, 11) is 1.96. The molecule has 2 aromatic carbocycles. The summed E-state index contributed by atoms with van der Waals surface area (Å²) in [5, 5.41) is 5.34. The average molecular weight is 343 g/mol. The zero-order valence-corrected chi connectivity index (χ0v) is 14.4. The summed E-state index contributed by atoms with van der Waals surface area (Å²) in [5.41, 5.74) is 3.49. The van der Waals surface area contributed by atoms with Gasteiger partial charge < -0.3 is 5.32 Å². The highest BCUT2D eigenvalue weighted by molar-refractivity contribution is 6.42. The quantitative estimate of drug-likeness (QED) is 0.774. The molecule has 112 valence electrons. The van der Waals surface area contributed by atoms with Gasteiger partial charge in [0.15, 0.2) is 0 Å². The summed E-state index contributed by atoms with van der Waals surface area (Å²) >= 11 is 18.3. The van der Waals surface area contributed by atoms with E-state index in [1.54, 1.807) is 0 Å². The summed E-state index contributed by atoms with van der Waals surface area (Å²) in [5.74, 6) is 0. The number of hydrogen-bond acceptors (Lipinski definition) is 1. The molecule has 1 atom stereocenters. The van der Waals surface area contributed by atoms with Crippen molar-refractivity contribution in [1.82, 2.24) is 5.32 Å². The van der Waals surface area contributed by atoms with Crippen molar-refractivity contribution in [2.75, 3.05) is 7.05 Å². The van der Waals surface area contributed by atoms with E-state index in [9.17, 15) is 0 Å². The van der Waals surface area contributed by atoms with Crippen molar-refractivity contribution in [3.63, 3.8) is 0 Å². The largest absolute Gasteiger partial charge is 0.316 e. The van der Waals surface area contributed by atoms with Crippen LogP contribution < -0.4 is 5.32 Å². The standard InChI is InChI=1S/C17H18Cl3N/c1-11-3-5-13(16(19)7-11)10-14(21-2)8-12-4-6-15(18)17(20)9-12/h3-7,9,14,21H,8,10H2,1-2H3. The van der Waals surface area contributed by atoms with E-state index in [1.165, 1.54) is 5.56 Å². The molecule has 0 spiro atoms.